The van der Waals surface area contributed by atoms with Crippen LogP contribution in [-0.2, 0) is 0 Å². The minimum atomic E-state index is -0.693. The summed E-state index contributed by atoms with van der Waals surface area (Å²) in [5, 5.41) is 5.63. The molecule has 0 saturated carbocycles. The van der Waals surface area contributed by atoms with E-state index >= 15 is 0 Å². The number of carbonyl (C=O) groups is 2. The van der Waals surface area contributed by atoms with E-state index in [0.717, 1.165) is 10.8 Å². The molecule has 0 heterocycles. The molecule has 7 heteroatoms. The number of ether oxygens (including phenoxy) is 2. The molecule has 0 bridgehead atoms. The number of amides is 1. The molecule has 4 aromatic carbocycles. The predicted molar refractivity (Wildman–Crippen MR) is 123 cm³/mol. The maximum absolute atomic E-state index is 13.8. The van der Waals surface area contributed by atoms with E-state index in [1.165, 1.54) is 24.4 Å². The molecule has 4 rings (SSSR count). The maximum atomic E-state index is 13.8. The molecule has 0 aromatic heterocycles. The smallest absolute Gasteiger partial charge is 0.343 e. The topological polar surface area (TPSA) is 77.0 Å². The third kappa shape index (κ3) is 4.88. The van der Waals surface area contributed by atoms with Crippen molar-refractivity contribution in [2.45, 2.75) is 0 Å². The maximum Gasteiger partial charge on any atom is 0.343 e. The van der Waals surface area contributed by atoms with Gasteiger partial charge in [0.1, 0.15) is 17.3 Å². The second kappa shape index (κ2) is 9.74. The number of benzene rings is 4. The fourth-order valence-electron chi connectivity index (χ4n) is 3.24. The van der Waals surface area contributed by atoms with Crippen molar-refractivity contribution in [2.75, 3.05) is 7.11 Å². The van der Waals surface area contributed by atoms with Gasteiger partial charge in [-0.15, -0.1) is 0 Å². The molecule has 0 aliphatic carbocycles. The van der Waals surface area contributed by atoms with Gasteiger partial charge in [0.2, 0.25) is 0 Å². The van der Waals surface area contributed by atoms with Crippen LogP contribution in [0.15, 0.2) is 90.0 Å². The van der Waals surface area contributed by atoms with Crippen molar-refractivity contribution in [3.63, 3.8) is 0 Å². The van der Waals surface area contributed by atoms with Gasteiger partial charge in [0, 0.05) is 5.56 Å². The van der Waals surface area contributed by atoms with Crippen LogP contribution in [0.5, 0.6) is 11.5 Å². The zero-order valence-electron chi connectivity index (χ0n) is 17.6. The summed E-state index contributed by atoms with van der Waals surface area (Å²) in [6.07, 6.45) is 1.37. The lowest BCUT2D eigenvalue weighted by Crippen LogP contribution is -2.19. The number of halogens is 1. The Hall–Kier alpha value is -4.52. The summed E-state index contributed by atoms with van der Waals surface area (Å²) in [6, 6.07) is 23.1. The van der Waals surface area contributed by atoms with Crippen LogP contribution in [-0.4, -0.2) is 25.2 Å². The fourth-order valence-corrected chi connectivity index (χ4v) is 3.24. The second-order valence-corrected chi connectivity index (χ2v) is 7.00. The number of methoxy groups -OCH3 is 1. The highest BCUT2D eigenvalue weighted by molar-refractivity contribution is 6.04. The van der Waals surface area contributed by atoms with Crippen LogP contribution in [0.3, 0.4) is 0 Å². The molecule has 0 aliphatic heterocycles. The van der Waals surface area contributed by atoms with Crippen molar-refractivity contribution in [3.05, 3.63) is 107 Å². The Morgan fingerprint density at radius 1 is 0.909 bits per heavy atom. The van der Waals surface area contributed by atoms with Gasteiger partial charge in [0.05, 0.1) is 24.5 Å². The molecular formula is C26H19FN2O4. The van der Waals surface area contributed by atoms with Crippen LogP contribution in [0.25, 0.3) is 10.8 Å². The van der Waals surface area contributed by atoms with Crippen molar-refractivity contribution in [1.82, 2.24) is 5.43 Å². The summed E-state index contributed by atoms with van der Waals surface area (Å²) in [5.74, 6) is -1.02. The molecule has 0 radical (unpaired) electrons. The van der Waals surface area contributed by atoms with E-state index in [1.54, 1.807) is 43.5 Å². The molecule has 0 saturated heterocycles. The SMILES string of the molecule is COc1ccc(C(=O)Oc2ccc3ccccc3c2/C=N/NC(=O)c2ccccc2F)cc1. The number of hydrogen-bond acceptors (Lipinski definition) is 5. The first kappa shape index (κ1) is 21.7. The molecule has 1 N–H and O–H groups in total. The van der Waals surface area contributed by atoms with Gasteiger partial charge >= 0.3 is 5.97 Å². The first-order valence-electron chi connectivity index (χ1n) is 10.0. The first-order chi connectivity index (χ1) is 16.1. The Balaban J connectivity index is 1.62. The van der Waals surface area contributed by atoms with Crippen molar-refractivity contribution in [2.24, 2.45) is 5.10 Å². The van der Waals surface area contributed by atoms with E-state index in [2.05, 4.69) is 10.5 Å². The number of nitrogens with zero attached hydrogens (tertiary/aromatic N) is 1. The van der Waals surface area contributed by atoms with E-state index in [9.17, 15) is 14.0 Å². The van der Waals surface area contributed by atoms with Crippen molar-refractivity contribution in [1.29, 1.82) is 0 Å². The molecule has 0 unspecified atom stereocenters. The van der Waals surface area contributed by atoms with Crippen LogP contribution < -0.4 is 14.9 Å². The number of hydrogen-bond donors (Lipinski definition) is 1. The molecule has 6 nitrogen and oxygen atoms in total. The van der Waals surface area contributed by atoms with Crippen molar-refractivity contribution in [3.8, 4) is 11.5 Å². The Labute approximate surface area is 189 Å². The average molecular weight is 442 g/mol. The van der Waals surface area contributed by atoms with Gasteiger partial charge in [-0.25, -0.2) is 14.6 Å². The predicted octanol–water partition coefficient (Wildman–Crippen LogP) is 4.97. The van der Waals surface area contributed by atoms with Crippen LogP contribution in [0.1, 0.15) is 26.3 Å². The first-order valence-corrected chi connectivity index (χ1v) is 10.0. The van der Waals surface area contributed by atoms with Gasteiger partial charge in [-0.3, -0.25) is 4.79 Å². The third-order valence-corrected chi connectivity index (χ3v) is 4.94. The highest BCUT2D eigenvalue weighted by Gasteiger charge is 2.14. The summed E-state index contributed by atoms with van der Waals surface area (Å²) in [4.78, 5) is 24.9. The molecule has 4 aromatic rings. The van der Waals surface area contributed by atoms with E-state index in [4.69, 9.17) is 9.47 Å². The van der Waals surface area contributed by atoms with Crippen LogP contribution in [0.2, 0.25) is 0 Å². The lowest BCUT2D eigenvalue weighted by atomic mass is 10.0. The molecule has 0 fully saturated rings. The largest absolute Gasteiger partial charge is 0.497 e. The number of hydrazone groups is 1. The molecule has 33 heavy (non-hydrogen) atoms. The summed E-state index contributed by atoms with van der Waals surface area (Å²) < 4.78 is 24.6. The molecule has 0 spiro atoms. The summed E-state index contributed by atoms with van der Waals surface area (Å²) in [6.45, 7) is 0. The summed E-state index contributed by atoms with van der Waals surface area (Å²) >= 11 is 0. The Bertz CT molecular complexity index is 1350. The van der Waals surface area contributed by atoms with Gasteiger partial charge in [0.15, 0.2) is 0 Å². The second-order valence-electron chi connectivity index (χ2n) is 7.00. The molecule has 0 aliphatic rings. The Kier molecular flexibility index (Phi) is 6.40. The zero-order chi connectivity index (χ0) is 23.2. The van der Waals surface area contributed by atoms with E-state index in [1.807, 2.05) is 30.3 Å². The van der Waals surface area contributed by atoms with Gasteiger partial charge < -0.3 is 9.47 Å². The Morgan fingerprint density at radius 3 is 2.39 bits per heavy atom. The molecule has 164 valence electrons. The van der Waals surface area contributed by atoms with Crippen molar-refractivity contribution >= 4 is 28.9 Å². The van der Waals surface area contributed by atoms with E-state index in [0.29, 0.717) is 16.9 Å². The highest BCUT2D eigenvalue weighted by atomic mass is 19.1. The molecule has 1 amide bonds. The summed E-state index contributed by atoms with van der Waals surface area (Å²) in [7, 11) is 1.54. The number of fused-ring (bicyclic) bond motifs is 1. The monoisotopic (exact) mass is 442 g/mol. The summed E-state index contributed by atoms with van der Waals surface area (Å²) in [5.41, 5.74) is 3.02. The van der Waals surface area contributed by atoms with Crippen molar-refractivity contribution < 1.29 is 23.5 Å². The van der Waals surface area contributed by atoms with Crippen LogP contribution in [0, 0.1) is 5.82 Å². The quantitative estimate of drug-likeness (QED) is 0.198. The Morgan fingerprint density at radius 2 is 1.64 bits per heavy atom. The minimum absolute atomic E-state index is 0.126. The standard InChI is InChI=1S/C26H19FN2O4/c1-32-19-13-10-18(11-14-19)26(31)33-24-15-12-17-6-2-3-7-20(17)22(24)16-28-29-25(30)21-8-4-5-9-23(21)27/h2-16H,1H3,(H,29,30)/b28-16+. The number of rotatable bonds is 6. The fraction of sp³-hybridized carbons (Fsp3) is 0.0385. The van der Waals surface area contributed by atoms with Gasteiger partial charge in [-0.2, -0.15) is 5.10 Å². The average Bonchev–Trinajstić information content (AvgIpc) is 2.85. The van der Waals surface area contributed by atoms with E-state index < -0.39 is 17.7 Å². The zero-order valence-corrected chi connectivity index (χ0v) is 17.6. The van der Waals surface area contributed by atoms with Gasteiger partial charge in [-0.05, 0) is 53.2 Å². The van der Waals surface area contributed by atoms with E-state index in [-0.39, 0.29) is 11.3 Å². The highest BCUT2D eigenvalue weighted by Crippen LogP contribution is 2.27. The van der Waals surface area contributed by atoms with Crippen LogP contribution in [0.4, 0.5) is 4.39 Å². The minimum Gasteiger partial charge on any atom is -0.497 e. The van der Waals surface area contributed by atoms with Crippen LogP contribution >= 0.6 is 0 Å². The normalized spacial score (nSPS) is 10.8. The molecular weight excluding hydrogens is 423 g/mol. The third-order valence-electron chi connectivity index (χ3n) is 4.94. The van der Waals surface area contributed by atoms with Gasteiger partial charge in [-0.1, -0.05) is 42.5 Å². The number of nitrogens with one attached hydrogen (secondary N) is 1. The molecule has 0 atom stereocenters. The lowest BCUT2D eigenvalue weighted by Gasteiger charge is -2.11. The number of carbonyl (C=O) groups excluding carboxylic acids is 2. The van der Waals surface area contributed by atoms with Gasteiger partial charge in [0.25, 0.3) is 5.91 Å². The number of esters is 1. The lowest BCUT2D eigenvalue weighted by molar-refractivity contribution is 0.0734.